The third kappa shape index (κ3) is 5.85. The number of benzene rings is 1. The largest absolute Gasteiger partial charge is 0.496 e. The van der Waals surface area contributed by atoms with Gasteiger partial charge in [0.15, 0.2) is 5.78 Å². The van der Waals surface area contributed by atoms with Crippen molar-refractivity contribution in [2.24, 2.45) is 5.92 Å². The van der Waals surface area contributed by atoms with Crippen molar-refractivity contribution in [3.63, 3.8) is 0 Å². The maximum atomic E-state index is 12.2. The van der Waals surface area contributed by atoms with Gasteiger partial charge in [0.05, 0.1) is 26.2 Å². The highest BCUT2D eigenvalue weighted by atomic mass is 16.5. The Labute approximate surface area is 150 Å². The van der Waals surface area contributed by atoms with Crippen molar-refractivity contribution < 1.29 is 19.1 Å². The molecule has 0 saturated heterocycles. The van der Waals surface area contributed by atoms with Gasteiger partial charge in [0.2, 0.25) is 5.91 Å². The number of Topliss-reactive ketones (excluding diaryl/α,β-unsaturated/α-hetero) is 1. The van der Waals surface area contributed by atoms with E-state index in [-0.39, 0.29) is 18.1 Å². The number of hydrogen-bond donors (Lipinski definition) is 1. The molecule has 0 heterocycles. The first kappa shape index (κ1) is 19.4. The summed E-state index contributed by atoms with van der Waals surface area (Å²) in [7, 11) is 1.56. The van der Waals surface area contributed by atoms with E-state index in [0.717, 1.165) is 12.0 Å². The average molecular weight is 347 g/mol. The number of ether oxygens (including phenoxy) is 2. The molecule has 5 heteroatoms. The van der Waals surface area contributed by atoms with Crippen LogP contribution in [0.25, 0.3) is 0 Å². The summed E-state index contributed by atoms with van der Waals surface area (Å²) >= 11 is 0. The molecule has 25 heavy (non-hydrogen) atoms. The zero-order valence-corrected chi connectivity index (χ0v) is 15.5. The zero-order chi connectivity index (χ0) is 18.2. The quantitative estimate of drug-likeness (QED) is 0.579. The number of carbonyl (C=O) groups excluding carboxylic acids is 2. The Balaban J connectivity index is 1.79. The van der Waals surface area contributed by atoms with Crippen LogP contribution in [0.3, 0.4) is 0 Å². The monoisotopic (exact) mass is 347 g/mol. The van der Waals surface area contributed by atoms with Crippen molar-refractivity contribution in [3.8, 4) is 5.75 Å². The Morgan fingerprint density at radius 2 is 2.00 bits per heavy atom. The normalized spacial score (nSPS) is 20.1. The summed E-state index contributed by atoms with van der Waals surface area (Å²) in [5.74, 6) is 1.09. The highest BCUT2D eigenvalue weighted by molar-refractivity contribution is 5.94. The maximum absolute atomic E-state index is 12.2. The molecule has 138 valence electrons. The number of amides is 1. The molecular weight excluding hydrogens is 318 g/mol. The molecule has 0 spiro atoms. The lowest BCUT2D eigenvalue weighted by Crippen LogP contribution is -2.32. The number of carbonyl (C=O) groups is 2. The second-order valence-electron chi connectivity index (χ2n) is 6.78. The lowest BCUT2D eigenvalue weighted by atomic mass is 9.88. The van der Waals surface area contributed by atoms with E-state index in [2.05, 4.69) is 12.2 Å². The number of hydrogen-bond acceptors (Lipinski definition) is 4. The van der Waals surface area contributed by atoms with Crippen LogP contribution >= 0.6 is 0 Å². The number of rotatable bonds is 8. The molecule has 1 saturated carbocycles. The second-order valence-corrected chi connectivity index (χ2v) is 6.78. The van der Waals surface area contributed by atoms with Crippen LogP contribution in [0.1, 0.15) is 55.5 Å². The van der Waals surface area contributed by atoms with Gasteiger partial charge in [0.1, 0.15) is 5.75 Å². The van der Waals surface area contributed by atoms with Gasteiger partial charge in [-0.2, -0.15) is 0 Å². The third-order valence-electron chi connectivity index (χ3n) is 4.83. The minimum Gasteiger partial charge on any atom is -0.496 e. The number of methoxy groups -OCH3 is 1. The van der Waals surface area contributed by atoms with Gasteiger partial charge < -0.3 is 14.8 Å². The van der Waals surface area contributed by atoms with E-state index in [9.17, 15) is 9.59 Å². The van der Waals surface area contributed by atoms with Crippen LogP contribution < -0.4 is 10.1 Å². The summed E-state index contributed by atoms with van der Waals surface area (Å²) in [6.45, 7) is 4.77. The van der Waals surface area contributed by atoms with Crippen molar-refractivity contribution in [3.05, 3.63) is 29.3 Å². The van der Waals surface area contributed by atoms with Crippen LogP contribution in [0, 0.1) is 5.92 Å². The zero-order valence-electron chi connectivity index (χ0n) is 15.5. The molecule has 1 aromatic rings. The van der Waals surface area contributed by atoms with E-state index in [4.69, 9.17) is 9.47 Å². The molecule has 2 rings (SSSR count). The Morgan fingerprint density at radius 3 is 2.68 bits per heavy atom. The molecule has 0 aliphatic heterocycles. The second kappa shape index (κ2) is 9.56. The van der Waals surface area contributed by atoms with Crippen molar-refractivity contribution in [1.82, 2.24) is 5.32 Å². The summed E-state index contributed by atoms with van der Waals surface area (Å²) in [6, 6.07) is 5.16. The lowest BCUT2D eigenvalue weighted by Gasteiger charge is -2.28. The first-order valence-electron chi connectivity index (χ1n) is 9.07. The molecule has 1 aliphatic carbocycles. The molecule has 0 aromatic heterocycles. The van der Waals surface area contributed by atoms with Gasteiger partial charge in [-0.1, -0.05) is 19.8 Å². The van der Waals surface area contributed by atoms with Crippen LogP contribution in [0.5, 0.6) is 5.75 Å². The SMILES string of the molecule is COc1ccc(C(C)=O)cc1CC(=O)NCCOC1CCCCC1C. The van der Waals surface area contributed by atoms with Gasteiger partial charge in [0, 0.05) is 17.7 Å². The van der Waals surface area contributed by atoms with E-state index >= 15 is 0 Å². The Morgan fingerprint density at radius 1 is 1.24 bits per heavy atom. The van der Waals surface area contributed by atoms with E-state index < -0.39 is 0 Å². The van der Waals surface area contributed by atoms with Gasteiger partial charge in [-0.05, 0) is 43.9 Å². The van der Waals surface area contributed by atoms with Crippen LogP contribution in [-0.4, -0.2) is 38.1 Å². The Hall–Kier alpha value is -1.88. The van der Waals surface area contributed by atoms with E-state index in [0.29, 0.717) is 36.5 Å². The van der Waals surface area contributed by atoms with E-state index in [1.54, 1.807) is 25.3 Å². The highest BCUT2D eigenvalue weighted by Gasteiger charge is 2.21. The van der Waals surface area contributed by atoms with Crippen molar-refractivity contribution in [1.29, 1.82) is 0 Å². The fraction of sp³-hybridized carbons (Fsp3) is 0.600. The summed E-state index contributed by atoms with van der Waals surface area (Å²) < 4.78 is 11.2. The first-order chi connectivity index (χ1) is 12.0. The molecule has 1 N–H and O–H groups in total. The topological polar surface area (TPSA) is 64.6 Å². The molecular formula is C20H29NO4. The molecule has 0 radical (unpaired) electrons. The molecule has 2 unspecified atom stereocenters. The summed E-state index contributed by atoms with van der Waals surface area (Å²) in [5, 5.41) is 2.88. The maximum Gasteiger partial charge on any atom is 0.224 e. The molecule has 0 bridgehead atoms. The Kier molecular flexibility index (Phi) is 7.44. The fourth-order valence-electron chi connectivity index (χ4n) is 3.30. The molecule has 1 aromatic carbocycles. The number of nitrogens with one attached hydrogen (secondary N) is 1. The van der Waals surface area contributed by atoms with Crippen LogP contribution in [-0.2, 0) is 16.0 Å². The van der Waals surface area contributed by atoms with Crippen LogP contribution in [0.15, 0.2) is 18.2 Å². The standard InChI is InChI=1S/C20H29NO4/c1-14-6-4-5-7-18(14)25-11-10-21-20(23)13-17-12-16(15(2)22)8-9-19(17)24-3/h8-9,12,14,18H,4-7,10-11,13H2,1-3H3,(H,21,23). The number of ketones is 1. The minimum absolute atomic E-state index is 0.0284. The lowest BCUT2D eigenvalue weighted by molar-refractivity contribution is -0.120. The van der Waals surface area contributed by atoms with Crippen LogP contribution in [0.2, 0.25) is 0 Å². The highest BCUT2D eigenvalue weighted by Crippen LogP contribution is 2.26. The average Bonchev–Trinajstić information content (AvgIpc) is 2.60. The van der Waals surface area contributed by atoms with Gasteiger partial charge in [0.25, 0.3) is 0 Å². The Bertz CT molecular complexity index is 599. The van der Waals surface area contributed by atoms with Crippen LogP contribution in [0.4, 0.5) is 0 Å². The first-order valence-corrected chi connectivity index (χ1v) is 9.07. The van der Waals surface area contributed by atoms with Crippen molar-refractivity contribution in [2.75, 3.05) is 20.3 Å². The minimum atomic E-state index is -0.0979. The molecule has 1 fully saturated rings. The van der Waals surface area contributed by atoms with Gasteiger partial charge in [-0.3, -0.25) is 9.59 Å². The molecule has 2 atom stereocenters. The predicted octanol–water partition coefficient (Wildman–Crippen LogP) is 3.15. The van der Waals surface area contributed by atoms with Gasteiger partial charge in [-0.15, -0.1) is 0 Å². The third-order valence-corrected chi connectivity index (χ3v) is 4.83. The summed E-state index contributed by atoms with van der Waals surface area (Å²) in [5.41, 5.74) is 1.30. The van der Waals surface area contributed by atoms with Gasteiger partial charge >= 0.3 is 0 Å². The molecule has 1 aliphatic rings. The van der Waals surface area contributed by atoms with Crippen molar-refractivity contribution in [2.45, 2.75) is 52.1 Å². The van der Waals surface area contributed by atoms with E-state index in [1.807, 2.05) is 0 Å². The smallest absolute Gasteiger partial charge is 0.224 e. The van der Waals surface area contributed by atoms with Crippen molar-refractivity contribution >= 4 is 11.7 Å². The summed E-state index contributed by atoms with van der Waals surface area (Å²) in [4.78, 5) is 23.7. The summed E-state index contributed by atoms with van der Waals surface area (Å²) in [6.07, 6.45) is 5.36. The molecule has 5 nitrogen and oxygen atoms in total. The van der Waals surface area contributed by atoms with Gasteiger partial charge in [-0.25, -0.2) is 0 Å². The predicted molar refractivity (Wildman–Crippen MR) is 97.1 cm³/mol. The fourth-order valence-corrected chi connectivity index (χ4v) is 3.30. The molecule has 1 amide bonds. The van der Waals surface area contributed by atoms with E-state index in [1.165, 1.54) is 26.2 Å².